The van der Waals surface area contributed by atoms with Gasteiger partial charge in [0.2, 0.25) is 0 Å². The zero-order valence-electron chi connectivity index (χ0n) is 16.3. The van der Waals surface area contributed by atoms with Gasteiger partial charge < -0.3 is 4.74 Å². The molecule has 0 N–H and O–H groups in total. The van der Waals surface area contributed by atoms with E-state index in [0.29, 0.717) is 5.41 Å². The smallest absolute Gasteiger partial charge is 0.114 e. The van der Waals surface area contributed by atoms with E-state index in [1.807, 2.05) is 47.6 Å². The van der Waals surface area contributed by atoms with Gasteiger partial charge in [-0.2, -0.15) is 0 Å². The molecule has 0 radical (unpaired) electrons. The van der Waals surface area contributed by atoms with E-state index < -0.39 is 0 Å². The maximum absolute atomic E-state index is 4.79. The van der Waals surface area contributed by atoms with E-state index in [2.05, 4.69) is 40.9 Å². The monoisotopic (exact) mass is 286 g/mol. The quantitative estimate of drug-likeness (QED) is 0.292. The molecule has 0 aromatic carbocycles. The molecule has 1 nitrogen and oxygen atoms in total. The average Bonchev–Trinajstić information content (AvgIpc) is 2.46. The van der Waals surface area contributed by atoms with E-state index in [0.717, 1.165) is 5.76 Å². The fraction of sp³-hybridized carbons (Fsp3) is 0.684. The number of ether oxygens (including phenoxy) is 1. The molecule has 0 aromatic heterocycles. The molecule has 20 heavy (non-hydrogen) atoms. The van der Waals surface area contributed by atoms with Crippen LogP contribution in [0.15, 0.2) is 37.1 Å². The highest BCUT2D eigenvalue weighted by molar-refractivity contribution is 5.06. The molecule has 0 aromatic rings. The molecule has 0 fully saturated rings. The van der Waals surface area contributed by atoms with E-state index in [-0.39, 0.29) is 0 Å². The van der Waals surface area contributed by atoms with Gasteiger partial charge in [-0.1, -0.05) is 74.5 Å². The summed E-state index contributed by atoms with van der Waals surface area (Å²) in [5.41, 5.74) is 0.542. The second-order valence-corrected chi connectivity index (χ2v) is 4.42. The summed E-state index contributed by atoms with van der Waals surface area (Å²) in [6, 6.07) is 0. The van der Waals surface area contributed by atoms with Gasteiger partial charge >= 0.3 is 0 Å². The van der Waals surface area contributed by atoms with Crippen LogP contribution in [0.25, 0.3) is 0 Å². The minimum absolute atomic E-state index is 0.542. The van der Waals surface area contributed by atoms with E-state index in [1.165, 1.54) is 6.42 Å². The summed E-state index contributed by atoms with van der Waals surface area (Å²) in [6.07, 6.45) is 6.54. The lowest BCUT2D eigenvalue weighted by Gasteiger charge is -2.12. The van der Waals surface area contributed by atoms with Gasteiger partial charge in [0.1, 0.15) is 5.76 Å². The lowest BCUT2D eigenvalue weighted by atomic mass is 9.94. The van der Waals surface area contributed by atoms with Crippen molar-refractivity contribution in [3.05, 3.63) is 37.1 Å². The Bertz CT molecular complexity index is 182. The van der Waals surface area contributed by atoms with Crippen LogP contribution in [0.5, 0.6) is 0 Å². The fourth-order valence-electron chi connectivity index (χ4n) is 0.319. The number of hydrogen-bond donors (Lipinski definition) is 0. The van der Waals surface area contributed by atoms with Crippen molar-refractivity contribution in [2.24, 2.45) is 5.41 Å². The summed E-state index contributed by atoms with van der Waals surface area (Å²) in [5, 5.41) is 0. The van der Waals surface area contributed by atoms with Crippen LogP contribution >= 0.6 is 0 Å². The van der Waals surface area contributed by atoms with Crippen LogP contribution in [0, 0.1) is 5.41 Å². The highest BCUT2D eigenvalue weighted by Crippen LogP contribution is 2.16. The van der Waals surface area contributed by atoms with Crippen LogP contribution in [0.3, 0.4) is 0 Å². The SMILES string of the molecule is C=C/C(=C\C)OC.C=CC.CC.CC.CCC(C)(C)C. The van der Waals surface area contributed by atoms with E-state index in [4.69, 9.17) is 4.74 Å². The molecular weight excluding hydrogens is 244 g/mol. The van der Waals surface area contributed by atoms with Gasteiger partial charge in [0.15, 0.2) is 0 Å². The van der Waals surface area contributed by atoms with Crippen molar-refractivity contribution >= 4 is 0 Å². The van der Waals surface area contributed by atoms with Crippen LogP contribution in [0.2, 0.25) is 0 Å². The zero-order valence-corrected chi connectivity index (χ0v) is 16.3. The Labute approximate surface area is 130 Å². The van der Waals surface area contributed by atoms with E-state index in [9.17, 15) is 0 Å². The highest BCUT2D eigenvalue weighted by Gasteiger charge is 2.03. The normalized spacial score (nSPS) is 8.65. The first-order valence-electron chi connectivity index (χ1n) is 7.72. The molecular formula is C19H42O. The van der Waals surface area contributed by atoms with Gasteiger partial charge in [0.05, 0.1) is 7.11 Å². The van der Waals surface area contributed by atoms with Gasteiger partial charge in [0, 0.05) is 0 Å². The van der Waals surface area contributed by atoms with Crippen molar-refractivity contribution in [2.75, 3.05) is 7.11 Å². The Morgan fingerprint density at radius 2 is 1.25 bits per heavy atom. The van der Waals surface area contributed by atoms with Crippen LogP contribution in [0.4, 0.5) is 0 Å². The summed E-state index contributed by atoms with van der Waals surface area (Å²) in [7, 11) is 1.62. The van der Waals surface area contributed by atoms with Crippen molar-refractivity contribution in [1.29, 1.82) is 0 Å². The first-order valence-corrected chi connectivity index (χ1v) is 7.72. The van der Waals surface area contributed by atoms with Crippen LogP contribution in [0.1, 0.15) is 75.7 Å². The predicted molar refractivity (Wildman–Crippen MR) is 99.3 cm³/mol. The molecule has 1 heteroatoms. The van der Waals surface area contributed by atoms with Gasteiger partial charge in [-0.05, 0) is 31.4 Å². The predicted octanol–water partition coefficient (Wildman–Crippen LogP) is 7.41. The molecule has 0 rings (SSSR count). The van der Waals surface area contributed by atoms with Crippen molar-refractivity contribution < 1.29 is 4.74 Å². The highest BCUT2D eigenvalue weighted by atomic mass is 16.5. The molecule has 0 saturated carbocycles. The van der Waals surface area contributed by atoms with Crippen LogP contribution in [-0.2, 0) is 4.74 Å². The molecule has 0 spiro atoms. The first kappa shape index (κ1) is 31.4. The third-order valence-corrected chi connectivity index (χ3v) is 1.78. The van der Waals surface area contributed by atoms with E-state index in [1.54, 1.807) is 19.3 Å². The second-order valence-electron chi connectivity index (χ2n) is 4.42. The standard InChI is InChI=1S/C6H10O.C6H14.C3H6.2C2H6/c1-4-6(5-2)7-3;1-5-6(2,3)4;1-3-2;2*1-2/h4-5H,1H2,2-3H3;5H2,1-4H3;3H,1H2,2H3;2*1-2H3/b6-5+;;;;. The Hall–Kier alpha value is -0.980. The first-order chi connectivity index (χ1) is 9.32. The average molecular weight is 287 g/mol. The van der Waals surface area contributed by atoms with Crippen LogP contribution < -0.4 is 0 Å². The third kappa shape index (κ3) is 67.9. The van der Waals surface area contributed by atoms with E-state index >= 15 is 0 Å². The second kappa shape index (κ2) is 30.8. The molecule has 0 atom stereocenters. The largest absolute Gasteiger partial charge is 0.497 e. The number of hydrogen-bond acceptors (Lipinski definition) is 1. The Kier molecular flexibility index (Phi) is 48.4. The zero-order chi connectivity index (χ0) is 17.6. The lowest BCUT2D eigenvalue weighted by Crippen LogP contribution is -2.00. The molecule has 0 aliphatic heterocycles. The number of methoxy groups -OCH3 is 1. The van der Waals surface area contributed by atoms with Crippen LogP contribution in [-0.4, -0.2) is 7.11 Å². The number of allylic oxidation sites excluding steroid dienone is 3. The fourth-order valence-corrected chi connectivity index (χ4v) is 0.319. The topological polar surface area (TPSA) is 9.23 Å². The summed E-state index contributed by atoms with van der Waals surface area (Å²) in [5.74, 6) is 0.819. The molecule has 0 saturated heterocycles. The molecule has 0 aliphatic carbocycles. The van der Waals surface area contributed by atoms with Crippen molar-refractivity contribution in [2.45, 2.75) is 75.7 Å². The maximum atomic E-state index is 4.79. The molecule has 0 amide bonds. The molecule has 0 aliphatic rings. The van der Waals surface area contributed by atoms with Crippen molar-refractivity contribution in [3.63, 3.8) is 0 Å². The molecule has 0 bridgehead atoms. The Morgan fingerprint density at radius 1 is 1.00 bits per heavy atom. The number of rotatable bonds is 2. The Morgan fingerprint density at radius 3 is 1.25 bits per heavy atom. The minimum atomic E-state index is 0.542. The van der Waals surface area contributed by atoms with Gasteiger partial charge in [-0.15, -0.1) is 6.58 Å². The maximum Gasteiger partial charge on any atom is 0.114 e. The summed E-state index contributed by atoms with van der Waals surface area (Å²) in [6.45, 7) is 27.6. The molecule has 124 valence electrons. The van der Waals surface area contributed by atoms with Gasteiger partial charge in [-0.3, -0.25) is 0 Å². The summed E-state index contributed by atoms with van der Waals surface area (Å²) in [4.78, 5) is 0. The van der Waals surface area contributed by atoms with Crippen molar-refractivity contribution in [3.8, 4) is 0 Å². The van der Waals surface area contributed by atoms with Gasteiger partial charge in [0.25, 0.3) is 0 Å². The lowest BCUT2D eigenvalue weighted by molar-refractivity contribution is 0.306. The van der Waals surface area contributed by atoms with Gasteiger partial charge in [-0.25, -0.2) is 0 Å². The van der Waals surface area contributed by atoms with Crippen molar-refractivity contribution in [1.82, 2.24) is 0 Å². The summed E-state index contributed by atoms with van der Waals surface area (Å²) < 4.78 is 4.79. The third-order valence-electron chi connectivity index (χ3n) is 1.78. The molecule has 0 unspecified atom stereocenters. The Balaban J connectivity index is -0.0000000524. The minimum Gasteiger partial charge on any atom is -0.497 e. The molecule has 0 heterocycles. The summed E-state index contributed by atoms with van der Waals surface area (Å²) >= 11 is 0.